The molecule has 0 saturated heterocycles. The van der Waals surface area contributed by atoms with Gasteiger partial charge in [0.15, 0.2) is 0 Å². The van der Waals surface area contributed by atoms with Crippen LogP contribution < -0.4 is 5.32 Å². The standard InChI is InChI=1S/C14H12N2O4/c1-8-7-9(4-5-11(8)17)16-13(18)12-10(14(19)20)3-2-6-15-12/h2-7,17H,1H3,(H,16,18)(H,19,20). The Morgan fingerprint density at radius 1 is 1.25 bits per heavy atom. The first-order valence-electron chi connectivity index (χ1n) is 5.78. The zero-order chi connectivity index (χ0) is 14.7. The van der Waals surface area contributed by atoms with Gasteiger partial charge in [-0.2, -0.15) is 0 Å². The number of rotatable bonds is 3. The van der Waals surface area contributed by atoms with Crippen molar-refractivity contribution in [3.05, 3.63) is 53.3 Å². The van der Waals surface area contributed by atoms with E-state index in [2.05, 4.69) is 10.3 Å². The summed E-state index contributed by atoms with van der Waals surface area (Å²) >= 11 is 0. The van der Waals surface area contributed by atoms with Crippen LogP contribution in [0.4, 0.5) is 5.69 Å². The lowest BCUT2D eigenvalue weighted by molar-refractivity contribution is 0.0691. The molecule has 0 radical (unpaired) electrons. The molecule has 0 atom stereocenters. The van der Waals surface area contributed by atoms with E-state index in [0.29, 0.717) is 11.3 Å². The third-order valence-electron chi connectivity index (χ3n) is 2.71. The first-order chi connectivity index (χ1) is 9.49. The minimum Gasteiger partial charge on any atom is -0.508 e. The molecule has 20 heavy (non-hydrogen) atoms. The predicted octanol–water partition coefficient (Wildman–Crippen LogP) is 2.05. The van der Waals surface area contributed by atoms with E-state index in [1.807, 2.05) is 0 Å². The highest BCUT2D eigenvalue weighted by Crippen LogP contribution is 2.20. The van der Waals surface area contributed by atoms with Gasteiger partial charge in [0.25, 0.3) is 5.91 Å². The Labute approximate surface area is 114 Å². The second kappa shape index (κ2) is 5.40. The number of aromatic hydroxyl groups is 1. The number of aryl methyl sites for hydroxylation is 1. The van der Waals surface area contributed by atoms with E-state index in [1.54, 1.807) is 13.0 Å². The van der Waals surface area contributed by atoms with Crippen molar-refractivity contribution in [2.45, 2.75) is 6.92 Å². The van der Waals surface area contributed by atoms with Crippen LogP contribution in [0.5, 0.6) is 5.75 Å². The van der Waals surface area contributed by atoms with Gasteiger partial charge in [0.05, 0.1) is 5.56 Å². The van der Waals surface area contributed by atoms with Gasteiger partial charge in [0.1, 0.15) is 11.4 Å². The third-order valence-corrected chi connectivity index (χ3v) is 2.71. The number of anilines is 1. The maximum atomic E-state index is 12.0. The number of aromatic carboxylic acids is 1. The summed E-state index contributed by atoms with van der Waals surface area (Å²) in [6, 6.07) is 7.30. The van der Waals surface area contributed by atoms with Crippen molar-refractivity contribution in [2.24, 2.45) is 0 Å². The van der Waals surface area contributed by atoms with Gasteiger partial charge in [-0.3, -0.25) is 9.78 Å². The zero-order valence-electron chi connectivity index (χ0n) is 10.6. The molecule has 0 saturated carbocycles. The van der Waals surface area contributed by atoms with Crippen molar-refractivity contribution >= 4 is 17.6 Å². The second-order valence-corrected chi connectivity index (χ2v) is 4.16. The molecule has 2 rings (SSSR count). The van der Waals surface area contributed by atoms with Crippen molar-refractivity contribution in [3.8, 4) is 5.75 Å². The Morgan fingerprint density at radius 2 is 2.00 bits per heavy atom. The van der Waals surface area contributed by atoms with E-state index in [9.17, 15) is 14.7 Å². The van der Waals surface area contributed by atoms with Gasteiger partial charge in [-0.15, -0.1) is 0 Å². The summed E-state index contributed by atoms with van der Waals surface area (Å²) in [5.74, 6) is -1.72. The lowest BCUT2D eigenvalue weighted by Crippen LogP contribution is -2.18. The zero-order valence-corrected chi connectivity index (χ0v) is 10.6. The van der Waals surface area contributed by atoms with E-state index >= 15 is 0 Å². The molecular weight excluding hydrogens is 260 g/mol. The number of nitrogens with zero attached hydrogens (tertiary/aromatic N) is 1. The number of nitrogens with one attached hydrogen (secondary N) is 1. The van der Waals surface area contributed by atoms with Crippen molar-refractivity contribution in [3.63, 3.8) is 0 Å². The Hall–Kier alpha value is -2.89. The molecule has 6 nitrogen and oxygen atoms in total. The van der Waals surface area contributed by atoms with Gasteiger partial charge in [-0.1, -0.05) is 0 Å². The highest BCUT2D eigenvalue weighted by atomic mass is 16.4. The number of phenolic OH excluding ortho intramolecular Hbond substituents is 1. The molecule has 6 heteroatoms. The predicted molar refractivity (Wildman–Crippen MR) is 72.0 cm³/mol. The molecular formula is C14H12N2O4. The monoisotopic (exact) mass is 272 g/mol. The summed E-state index contributed by atoms with van der Waals surface area (Å²) in [5, 5.41) is 21.0. The van der Waals surface area contributed by atoms with Crippen molar-refractivity contribution in [2.75, 3.05) is 5.32 Å². The quantitative estimate of drug-likeness (QED) is 0.742. The molecule has 2 aromatic rings. The summed E-state index contributed by atoms with van der Waals surface area (Å²) in [6.45, 7) is 1.69. The number of carboxylic acid groups (broad SMARTS) is 1. The Bertz CT molecular complexity index is 683. The molecule has 0 aliphatic rings. The van der Waals surface area contributed by atoms with Gasteiger partial charge < -0.3 is 15.5 Å². The molecule has 0 unspecified atom stereocenters. The van der Waals surface area contributed by atoms with Crippen LogP contribution in [-0.2, 0) is 0 Å². The maximum absolute atomic E-state index is 12.0. The highest BCUT2D eigenvalue weighted by Gasteiger charge is 2.17. The van der Waals surface area contributed by atoms with Crippen LogP contribution in [0.15, 0.2) is 36.5 Å². The van der Waals surface area contributed by atoms with E-state index in [-0.39, 0.29) is 17.0 Å². The smallest absolute Gasteiger partial charge is 0.338 e. The largest absolute Gasteiger partial charge is 0.508 e. The van der Waals surface area contributed by atoms with Gasteiger partial charge in [0.2, 0.25) is 0 Å². The number of carbonyl (C=O) groups excluding carboxylic acids is 1. The Kier molecular flexibility index (Phi) is 3.65. The Balaban J connectivity index is 2.28. The average Bonchev–Trinajstić information content (AvgIpc) is 2.43. The topological polar surface area (TPSA) is 99.5 Å². The van der Waals surface area contributed by atoms with Crippen LogP contribution in [0.1, 0.15) is 26.4 Å². The van der Waals surface area contributed by atoms with Crippen LogP contribution in [0, 0.1) is 6.92 Å². The average molecular weight is 272 g/mol. The number of amides is 1. The first-order valence-corrected chi connectivity index (χ1v) is 5.78. The molecule has 0 fully saturated rings. The van der Waals surface area contributed by atoms with Crippen LogP contribution in [-0.4, -0.2) is 27.1 Å². The summed E-state index contributed by atoms with van der Waals surface area (Å²) in [5.41, 5.74) is 0.723. The van der Waals surface area contributed by atoms with Gasteiger partial charge >= 0.3 is 5.97 Å². The number of phenols is 1. The number of pyridine rings is 1. The van der Waals surface area contributed by atoms with E-state index in [1.165, 1.54) is 30.5 Å². The molecule has 1 aromatic carbocycles. The fourth-order valence-corrected chi connectivity index (χ4v) is 1.68. The van der Waals surface area contributed by atoms with Gasteiger partial charge in [0, 0.05) is 11.9 Å². The van der Waals surface area contributed by atoms with Crippen molar-refractivity contribution < 1.29 is 19.8 Å². The molecule has 0 aliphatic heterocycles. The van der Waals surface area contributed by atoms with Crippen LogP contribution in [0.3, 0.4) is 0 Å². The molecule has 3 N–H and O–H groups in total. The van der Waals surface area contributed by atoms with Gasteiger partial charge in [-0.05, 0) is 42.8 Å². The first kappa shape index (κ1) is 13.5. The van der Waals surface area contributed by atoms with E-state index < -0.39 is 11.9 Å². The normalized spacial score (nSPS) is 10.1. The number of carboxylic acids is 1. The highest BCUT2D eigenvalue weighted by molar-refractivity contribution is 6.09. The summed E-state index contributed by atoms with van der Waals surface area (Å²) in [6.07, 6.45) is 1.35. The fourth-order valence-electron chi connectivity index (χ4n) is 1.68. The third kappa shape index (κ3) is 2.74. The summed E-state index contributed by atoms with van der Waals surface area (Å²) < 4.78 is 0. The SMILES string of the molecule is Cc1cc(NC(=O)c2ncccc2C(=O)O)ccc1O. The lowest BCUT2D eigenvalue weighted by atomic mass is 10.1. The molecule has 0 aliphatic carbocycles. The minimum atomic E-state index is -1.22. The maximum Gasteiger partial charge on any atom is 0.338 e. The molecule has 102 valence electrons. The Morgan fingerprint density at radius 3 is 2.65 bits per heavy atom. The van der Waals surface area contributed by atoms with Crippen molar-refractivity contribution in [1.29, 1.82) is 0 Å². The summed E-state index contributed by atoms with van der Waals surface area (Å²) in [4.78, 5) is 26.9. The van der Waals surface area contributed by atoms with Crippen molar-refractivity contribution in [1.82, 2.24) is 4.98 Å². The van der Waals surface area contributed by atoms with Crippen LogP contribution in [0.25, 0.3) is 0 Å². The number of benzene rings is 1. The number of aromatic nitrogens is 1. The second-order valence-electron chi connectivity index (χ2n) is 4.16. The molecule has 0 bridgehead atoms. The molecule has 1 amide bonds. The van der Waals surface area contributed by atoms with Crippen LogP contribution in [0.2, 0.25) is 0 Å². The number of carbonyl (C=O) groups is 2. The van der Waals surface area contributed by atoms with E-state index in [0.717, 1.165) is 0 Å². The fraction of sp³-hybridized carbons (Fsp3) is 0.0714. The number of hydrogen-bond donors (Lipinski definition) is 3. The molecule has 1 aromatic heterocycles. The molecule has 1 heterocycles. The summed E-state index contributed by atoms with van der Waals surface area (Å²) in [7, 11) is 0. The van der Waals surface area contributed by atoms with E-state index in [4.69, 9.17) is 5.11 Å². The number of hydrogen-bond acceptors (Lipinski definition) is 4. The molecule has 0 spiro atoms. The minimum absolute atomic E-state index is 0.118. The lowest BCUT2D eigenvalue weighted by Gasteiger charge is -2.08. The van der Waals surface area contributed by atoms with Gasteiger partial charge in [-0.25, -0.2) is 4.79 Å². The van der Waals surface area contributed by atoms with Crippen LogP contribution >= 0.6 is 0 Å².